The zero-order valence-corrected chi connectivity index (χ0v) is 16.2. The quantitative estimate of drug-likeness (QED) is 0.305. The number of aromatic nitrogens is 1. The van der Waals surface area contributed by atoms with E-state index in [1.165, 1.54) is 11.1 Å². The summed E-state index contributed by atoms with van der Waals surface area (Å²) in [6, 6.07) is 12.1. The third kappa shape index (κ3) is 7.02. The van der Waals surface area contributed by atoms with Crippen molar-refractivity contribution in [1.82, 2.24) is 15.6 Å². The summed E-state index contributed by atoms with van der Waals surface area (Å²) in [6.07, 6.45) is 3.68. The van der Waals surface area contributed by atoms with Gasteiger partial charge in [0.2, 0.25) is 0 Å². The van der Waals surface area contributed by atoms with Crippen LogP contribution in [0.1, 0.15) is 30.0 Å². The Morgan fingerprint density at radius 3 is 2.65 bits per heavy atom. The van der Waals surface area contributed by atoms with E-state index in [1.54, 1.807) is 13.2 Å². The van der Waals surface area contributed by atoms with Crippen LogP contribution in [-0.2, 0) is 24.3 Å². The van der Waals surface area contributed by atoms with Crippen LogP contribution in [0.4, 0.5) is 0 Å². The van der Waals surface area contributed by atoms with Crippen LogP contribution in [0, 0.1) is 0 Å². The molecule has 1 aromatic heterocycles. The molecule has 1 heterocycles. The van der Waals surface area contributed by atoms with Gasteiger partial charge in [-0.1, -0.05) is 48.9 Å². The van der Waals surface area contributed by atoms with Crippen LogP contribution in [0.2, 0.25) is 5.15 Å². The number of pyridine rings is 1. The molecule has 0 bridgehead atoms. The van der Waals surface area contributed by atoms with Gasteiger partial charge in [-0.3, -0.25) is 4.99 Å². The van der Waals surface area contributed by atoms with E-state index in [0.29, 0.717) is 18.3 Å². The van der Waals surface area contributed by atoms with Gasteiger partial charge in [0.25, 0.3) is 0 Å². The number of ether oxygens (including phenoxy) is 1. The van der Waals surface area contributed by atoms with Crippen molar-refractivity contribution in [3.8, 4) is 0 Å². The Balaban J connectivity index is 1.80. The van der Waals surface area contributed by atoms with Crippen molar-refractivity contribution < 1.29 is 4.74 Å². The van der Waals surface area contributed by atoms with Crippen molar-refractivity contribution in [2.45, 2.75) is 32.9 Å². The van der Waals surface area contributed by atoms with Crippen molar-refractivity contribution in [2.75, 3.05) is 20.2 Å². The Morgan fingerprint density at radius 1 is 1.15 bits per heavy atom. The number of nitrogens with one attached hydrogen (secondary N) is 2. The average Bonchev–Trinajstić information content (AvgIpc) is 2.67. The molecule has 0 saturated carbocycles. The average molecular weight is 375 g/mol. The largest absolute Gasteiger partial charge is 0.377 e. The van der Waals surface area contributed by atoms with Gasteiger partial charge in [-0.25, -0.2) is 4.98 Å². The molecule has 0 radical (unpaired) electrons. The summed E-state index contributed by atoms with van der Waals surface area (Å²) >= 11 is 5.81. The molecule has 5 nitrogen and oxygen atoms in total. The van der Waals surface area contributed by atoms with Gasteiger partial charge >= 0.3 is 0 Å². The molecule has 0 saturated heterocycles. The van der Waals surface area contributed by atoms with Gasteiger partial charge in [0.1, 0.15) is 5.15 Å². The molecule has 26 heavy (non-hydrogen) atoms. The van der Waals surface area contributed by atoms with E-state index in [9.17, 15) is 0 Å². The molecule has 140 valence electrons. The summed E-state index contributed by atoms with van der Waals surface area (Å²) in [4.78, 5) is 8.37. The first-order valence-electron chi connectivity index (χ1n) is 8.92. The Labute approximate surface area is 160 Å². The number of aliphatic imine (C=N–C) groups is 1. The highest BCUT2D eigenvalue weighted by Gasteiger charge is 2.04. The number of halogens is 1. The number of nitrogens with zero attached hydrogens (tertiary/aromatic N) is 2. The molecule has 1 aromatic carbocycles. The molecule has 2 rings (SSSR count). The van der Waals surface area contributed by atoms with Crippen LogP contribution in [-0.4, -0.2) is 31.1 Å². The van der Waals surface area contributed by atoms with Crippen molar-refractivity contribution in [3.05, 3.63) is 64.4 Å². The fourth-order valence-electron chi connectivity index (χ4n) is 2.48. The molecule has 0 atom stereocenters. The second-order valence-corrected chi connectivity index (χ2v) is 6.30. The molecule has 2 aromatic rings. The first kappa shape index (κ1) is 20.2. The normalized spacial score (nSPS) is 11.4. The predicted molar refractivity (Wildman–Crippen MR) is 108 cm³/mol. The van der Waals surface area contributed by atoms with E-state index in [4.69, 9.17) is 16.3 Å². The van der Waals surface area contributed by atoms with E-state index in [1.807, 2.05) is 24.3 Å². The van der Waals surface area contributed by atoms with Crippen molar-refractivity contribution in [1.29, 1.82) is 0 Å². The monoisotopic (exact) mass is 374 g/mol. The van der Waals surface area contributed by atoms with Crippen molar-refractivity contribution in [2.24, 2.45) is 4.99 Å². The summed E-state index contributed by atoms with van der Waals surface area (Å²) in [5, 5.41) is 7.19. The van der Waals surface area contributed by atoms with Gasteiger partial charge in [-0.05, 0) is 35.6 Å². The first-order chi connectivity index (χ1) is 12.7. The van der Waals surface area contributed by atoms with Gasteiger partial charge in [-0.2, -0.15) is 0 Å². The Bertz CT molecular complexity index is 688. The Hall–Kier alpha value is -2.11. The van der Waals surface area contributed by atoms with Crippen LogP contribution in [0.25, 0.3) is 0 Å². The summed E-state index contributed by atoms with van der Waals surface area (Å²) in [5.74, 6) is 0.774. The maximum absolute atomic E-state index is 5.81. The molecule has 0 spiro atoms. The van der Waals surface area contributed by atoms with E-state index in [0.717, 1.165) is 37.5 Å². The van der Waals surface area contributed by atoms with Gasteiger partial charge in [0, 0.05) is 32.9 Å². The Morgan fingerprint density at radius 2 is 1.96 bits per heavy atom. The minimum atomic E-state index is 0.515. The molecule has 0 unspecified atom stereocenters. The van der Waals surface area contributed by atoms with Crippen LogP contribution >= 0.6 is 11.6 Å². The van der Waals surface area contributed by atoms with Gasteiger partial charge in [-0.15, -0.1) is 0 Å². The topological polar surface area (TPSA) is 58.5 Å². The second kappa shape index (κ2) is 11.5. The fraction of sp³-hybridized carbons (Fsp3) is 0.400. The lowest BCUT2D eigenvalue weighted by molar-refractivity contribution is 0.121. The lowest BCUT2D eigenvalue weighted by Gasteiger charge is -2.14. The third-order valence-corrected chi connectivity index (χ3v) is 4.11. The number of hydrogen-bond acceptors (Lipinski definition) is 3. The zero-order chi connectivity index (χ0) is 18.6. The number of rotatable bonds is 9. The lowest BCUT2D eigenvalue weighted by Crippen LogP contribution is -2.38. The highest BCUT2D eigenvalue weighted by atomic mass is 35.5. The lowest BCUT2D eigenvalue weighted by atomic mass is 10.1. The van der Waals surface area contributed by atoms with E-state index in [2.05, 4.69) is 39.7 Å². The molecule has 0 amide bonds. The molecule has 0 aliphatic heterocycles. The van der Waals surface area contributed by atoms with Crippen molar-refractivity contribution >= 4 is 17.6 Å². The zero-order valence-electron chi connectivity index (χ0n) is 15.5. The molecule has 2 N–H and O–H groups in total. The van der Waals surface area contributed by atoms with Gasteiger partial charge < -0.3 is 15.4 Å². The highest BCUT2D eigenvalue weighted by Crippen LogP contribution is 2.10. The van der Waals surface area contributed by atoms with Crippen LogP contribution in [0.3, 0.4) is 0 Å². The van der Waals surface area contributed by atoms with E-state index in [-0.39, 0.29) is 0 Å². The SMILES string of the molecule is CCCOCc1ccccc1CNC(=NC)NCCc1ccc(Cl)nc1. The maximum Gasteiger partial charge on any atom is 0.191 e. The number of hydrogen-bond donors (Lipinski definition) is 2. The smallest absolute Gasteiger partial charge is 0.191 e. The summed E-state index contributed by atoms with van der Waals surface area (Å²) in [5.41, 5.74) is 3.56. The maximum atomic E-state index is 5.81. The van der Waals surface area contributed by atoms with E-state index >= 15 is 0 Å². The molecular formula is C20H27ClN4O. The standard InChI is InChI=1S/C20H27ClN4O/c1-3-12-26-15-18-7-5-4-6-17(18)14-25-20(22-2)23-11-10-16-8-9-19(21)24-13-16/h4-9,13H,3,10-12,14-15H2,1-2H3,(H2,22,23,25). The fourth-order valence-corrected chi connectivity index (χ4v) is 2.59. The van der Waals surface area contributed by atoms with Crippen LogP contribution in [0.15, 0.2) is 47.6 Å². The summed E-state index contributed by atoms with van der Waals surface area (Å²) in [7, 11) is 1.77. The van der Waals surface area contributed by atoms with Crippen LogP contribution < -0.4 is 10.6 Å². The first-order valence-corrected chi connectivity index (χ1v) is 9.30. The molecule has 0 aliphatic carbocycles. The predicted octanol–water partition coefficient (Wildman–Crippen LogP) is 3.57. The highest BCUT2D eigenvalue weighted by molar-refractivity contribution is 6.29. The summed E-state index contributed by atoms with van der Waals surface area (Å²) in [6.45, 7) is 5.01. The second-order valence-electron chi connectivity index (χ2n) is 5.91. The molecular weight excluding hydrogens is 348 g/mol. The van der Waals surface area contributed by atoms with E-state index < -0.39 is 0 Å². The minimum absolute atomic E-state index is 0.515. The number of benzene rings is 1. The summed E-state index contributed by atoms with van der Waals surface area (Å²) < 4.78 is 5.68. The van der Waals surface area contributed by atoms with Crippen LogP contribution in [0.5, 0.6) is 0 Å². The molecule has 0 fully saturated rings. The van der Waals surface area contributed by atoms with Gasteiger partial charge in [0.15, 0.2) is 5.96 Å². The molecule has 0 aliphatic rings. The van der Waals surface area contributed by atoms with Gasteiger partial charge in [0.05, 0.1) is 6.61 Å². The minimum Gasteiger partial charge on any atom is -0.377 e. The molecule has 6 heteroatoms. The van der Waals surface area contributed by atoms with Crippen molar-refractivity contribution in [3.63, 3.8) is 0 Å². The Kier molecular flexibility index (Phi) is 8.93. The number of guanidine groups is 1. The third-order valence-electron chi connectivity index (χ3n) is 3.89.